The fourth-order valence-electron chi connectivity index (χ4n) is 0.486. The van der Waals surface area contributed by atoms with Crippen LogP contribution in [0.25, 0.3) is 0 Å². The van der Waals surface area contributed by atoms with Gasteiger partial charge in [0.2, 0.25) is 0 Å². The molecular formula is C6H12O4. The summed E-state index contributed by atoms with van der Waals surface area (Å²) in [5.74, 6) is 0. The SMILES string of the molecule is CCC(O)CCOC(=O)O. The van der Waals surface area contributed by atoms with Gasteiger partial charge in [-0.1, -0.05) is 6.92 Å². The van der Waals surface area contributed by atoms with Gasteiger partial charge in [-0.2, -0.15) is 0 Å². The zero-order valence-corrected chi connectivity index (χ0v) is 5.91. The predicted octanol–water partition coefficient (Wildman–Crippen LogP) is 0.842. The van der Waals surface area contributed by atoms with E-state index in [-0.39, 0.29) is 6.61 Å². The molecule has 0 amide bonds. The summed E-state index contributed by atoms with van der Waals surface area (Å²) in [7, 11) is 0. The summed E-state index contributed by atoms with van der Waals surface area (Å²) in [5.41, 5.74) is 0. The van der Waals surface area contributed by atoms with Crippen molar-refractivity contribution in [1.29, 1.82) is 0 Å². The van der Waals surface area contributed by atoms with Crippen molar-refractivity contribution in [2.75, 3.05) is 6.61 Å². The minimum Gasteiger partial charge on any atom is -0.450 e. The van der Waals surface area contributed by atoms with E-state index < -0.39 is 12.3 Å². The van der Waals surface area contributed by atoms with Gasteiger partial charge in [-0.25, -0.2) is 4.79 Å². The molecule has 0 spiro atoms. The number of hydrogen-bond donors (Lipinski definition) is 2. The molecule has 4 heteroatoms. The standard InChI is InChI=1S/C6H12O4/c1-2-5(7)3-4-10-6(8)9/h5,7H,2-4H2,1H3,(H,8,9). The molecule has 0 aromatic heterocycles. The van der Waals surface area contributed by atoms with Crippen LogP contribution in [0.15, 0.2) is 0 Å². The van der Waals surface area contributed by atoms with Crippen LogP contribution in [0.3, 0.4) is 0 Å². The molecule has 0 aliphatic heterocycles. The van der Waals surface area contributed by atoms with Crippen molar-refractivity contribution < 1.29 is 19.7 Å². The first-order chi connectivity index (χ1) is 4.66. The molecule has 0 fully saturated rings. The van der Waals surface area contributed by atoms with Gasteiger partial charge in [0.15, 0.2) is 0 Å². The lowest BCUT2D eigenvalue weighted by atomic mass is 10.2. The highest BCUT2D eigenvalue weighted by Crippen LogP contribution is 1.96. The van der Waals surface area contributed by atoms with Crippen molar-refractivity contribution >= 4 is 6.16 Å². The van der Waals surface area contributed by atoms with Crippen LogP contribution in [0.1, 0.15) is 19.8 Å². The van der Waals surface area contributed by atoms with Gasteiger partial charge in [-0.3, -0.25) is 0 Å². The van der Waals surface area contributed by atoms with Crippen LogP contribution < -0.4 is 0 Å². The zero-order chi connectivity index (χ0) is 7.98. The molecule has 60 valence electrons. The number of hydrogen-bond acceptors (Lipinski definition) is 3. The summed E-state index contributed by atoms with van der Waals surface area (Å²) in [6.45, 7) is 1.90. The van der Waals surface area contributed by atoms with Gasteiger partial charge >= 0.3 is 6.16 Å². The number of aliphatic hydroxyl groups excluding tert-OH is 1. The van der Waals surface area contributed by atoms with Crippen molar-refractivity contribution in [1.82, 2.24) is 0 Å². The quantitative estimate of drug-likeness (QED) is 0.580. The van der Waals surface area contributed by atoms with E-state index in [1.807, 2.05) is 6.92 Å². The molecule has 0 aliphatic carbocycles. The molecule has 2 N–H and O–H groups in total. The molecule has 0 bridgehead atoms. The molecule has 0 aliphatic rings. The highest BCUT2D eigenvalue weighted by Gasteiger charge is 2.01. The molecule has 0 rings (SSSR count). The molecule has 4 nitrogen and oxygen atoms in total. The average Bonchev–Trinajstić information content (AvgIpc) is 1.87. The fourth-order valence-corrected chi connectivity index (χ4v) is 0.486. The number of aliphatic hydroxyl groups is 1. The second-order valence-electron chi connectivity index (χ2n) is 1.97. The van der Waals surface area contributed by atoms with Crippen LogP contribution >= 0.6 is 0 Å². The third kappa shape index (κ3) is 5.37. The minimum absolute atomic E-state index is 0.0737. The third-order valence-electron chi connectivity index (χ3n) is 1.15. The van der Waals surface area contributed by atoms with Crippen LogP contribution in [-0.4, -0.2) is 29.1 Å². The van der Waals surface area contributed by atoms with E-state index >= 15 is 0 Å². The van der Waals surface area contributed by atoms with Gasteiger partial charge in [-0.15, -0.1) is 0 Å². The summed E-state index contributed by atoms with van der Waals surface area (Å²) in [6, 6.07) is 0. The molecule has 10 heavy (non-hydrogen) atoms. The molecule has 0 aromatic carbocycles. The maximum atomic E-state index is 9.77. The second kappa shape index (κ2) is 5.05. The molecule has 0 saturated heterocycles. The van der Waals surface area contributed by atoms with E-state index in [2.05, 4.69) is 4.74 Å². The normalized spacial score (nSPS) is 12.6. The Labute approximate surface area is 59.4 Å². The lowest BCUT2D eigenvalue weighted by molar-refractivity contribution is 0.0701. The Morgan fingerprint density at radius 2 is 2.30 bits per heavy atom. The maximum Gasteiger partial charge on any atom is 0.505 e. The zero-order valence-electron chi connectivity index (χ0n) is 5.91. The van der Waals surface area contributed by atoms with Gasteiger partial charge in [0, 0.05) is 6.42 Å². The summed E-state index contributed by atoms with van der Waals surface area (Å²) in [5, 5.41) is 16.9. The first kappa shape index (κ1) is 9.23. The van der Waals surface area contributed by atoms with E-state index in [1.165, 1.54) is 0 Å². The first-order valence-corrected chi connectivity index (χ1v) is 3.20. The molecule has 1 unspecified atom stereocenters. The van der Waals surface area contributed by atoms with Crippen LogP contribution in [0.2, 0.25) is 0 Å². The molecule has 0 radical (unpaired) electrons. The van der Waals surface area contributed by atoms with E-state index in [0.717, 1.165) is 0 Å². The van der Waals surface area contributed by atoms with E-state index in [4.69, 9.17) is 10.2 Å². The van der Waals surface area contributed by atoms with Crippen molar-refractivity contribution in [2.24, 2.45) is 0 Å². The summed E-state index contributed by atoms with van der Waals surface area (Å²) in [6.07, 6.45) is -0.728. The molecule has 0 aromatic rings. The van der Waals surface area contributed by atoms with Crippen molar-refractivity contribution in [3.05, 3.63) is 0 Å². The van der Waals surface area contributed by atoms with Gasteiger partial charge in [0.25, 0.3) is 0 Å². The summed E-state index contributed by atoms with van der Waals surface area (Å²) in [4.78, 5) is 9.77. The van der Waals surface area contributed by atoms with Crippen LogP contribution in [0.5, 0.6) is 0 Å². The summed E-state index contributed by atoms with van der Waals surface area (Å²) >= 11 is 0. The van der Waals surface area contributed by atoms with Crippen LogP contribution in [-0.2, 0) is 4.74 Å². The minimum atomic E-state index is -1.29. The Kier molecular flexibility index (Phi) is 4.66. The number of ether oxygens (including phenoxy) is 1. The Balaban J connectivity index is 3.11. The van der Waals surface area contributed by atoms with E-state index in [0.29, 0.717) is 12.8 Å². The third-order valence-corrected chi connectivity index (χ3v) is 1.15. The average molecular weight is 148 g/mol. The summed E-state index contributed by atoms with van der Waals surface area (Å²) < 4.78 is 4.17. The van der Waals surface area contributed by atoms with Gasteiger partial charge in [0.1, 0.15) is 0 Å². The van der Waals surface area contributed by atoms with Crippen molar-refractivity contribution in [2.45, 2.75) is 25.9 Å². The Morgan fingerprint density at radius 1 is 1.70 bits per heavy atom. The van der Waals surface area contributed by atoms with Crippen molar-refractivity contribution in [3.8, 4) is 0 Å². The fraction of sp³-hybridized carbons (Fsp3) is 0.833. The maximum absolute atomic E-state index is 9.77. The monoisotopic (exact) mass is 148 g/mol. The molecule has 0 saturated carbocycles. The van der Waals surface area contributed by atoms with E-state index in [9.17, 15) is 4.79 Å². The van der Waals surface area contributed by atoms with Gasteiger partial charge < -0.3 is 14.9 Å². The lowest BCUT2D eigenvalue weighted by Crippen LogP contribution is -2.10. The topological polar surface area (TPSA) is 66.8 Å². The predicted molar refractivity (Wildman–Crippen MR) is 34.9 cm³/mol. The molecule has 0 heterocycles. The van der Waals surface area contributed by atoms with Crippen LogP contribution in [0, 0.1) is 0 Å². The Hall–Kier alpha value is -0.770. The largest absolute Gasteiger partial charge is 0.505 e. The lowest BCUT2D eigenvalue weighted by Gasteiger charge is -2.05. The number of carbonyl (C=O) groups is 1. The first-order valence-electron chi connectivity index (χ1n) is 3.20. The van der Waals surface area contributed by atoms with Crippen molar-refractivity contribution in [3.63, 3.8) is 0 Å². The highest BCUT2D eigenvalue weighted by atomic mass is 16.7. The number of rotatable bonds is 4. The smallest absolute Gasteiger partial charge is 0.450 e. The second-order valence-corrected chi connectivity index (χ2v) is 1.97. The van der Waals surface area contributed by atoms with Gasteiger partial charge in [-0.05, 0) is 6.42 Å². The van der Waals surface area contributed by atoms with Gasteiger partial charge in [0.05, 0.1) is 12.7 Å². The van der Waals surface area contributed by atoms with E-state index in [1.54, 1.807) is 0 Å². The molecular weight excluding hydrogens is 136 g/mol. The van der Waals surface area contributed by atoms with Crippen LogP contribution in [0.4, 0.5) is 4.79 Å². The highest BCUT2D eigenvalue weighted by molar-refractivity contribution is 5.56. The Morgan fingerprint density at radius 3 is 2.70 bits per heavy atom. The Bertz CT molecular complexity index is 102. The number of carboxylic acid groups (broad SMARTS) is 1. The molecule has 1 atom stereocenters.